The first-order chi connectivity index (χ1) is 16.7. The summed E-state index contributed by atoms with van der Waals surface area (Å²) in [6.07, 6.45) is 6.55. The number of nitrogens with zero attached hydrogens (tertiary/aromatic N) is 2. The van der Waals surface area contributed by atoms with Gasteiger partial charge in [-0.2, -0.15) is 0 Å². The van der Waals surface area contributed by atoms with Crippen molar-refractivity contribution >= 4 is 39.2 Å². The van der Waals surface area contributed by atoms with E-state index in [1.165, 1.54) is 34.2 Å². The fraction of sp³-hybridized carbons (Fsp3) is 0.321. The summed E-state index contributed by atoms with van der Waals surface area (Å²) in [4.78, 5) is 25.2. The highest BCUT2D eigenvalue weighted by Gasteiger charge is 2.22. The zero-order valence-electron chi connectivity index (χ0n) is 19.4. The van der Waals surface area contributed by atoms with Crippen LogP contribution in [0, 0.1) is 0 Å². The Morgan fingerprint density at radius 2 is 1.76 bits per heavy atom. The van der Waals surface area contributed by atoms with Gasteiger partial charge >= 0.3 is 0 Å². The lowest BCUT2D eigenvalue weighted by Crippen LogP contribution is -2.34. The lowest BCUT2D eigenvalue weighted by molar-refractivity contribution is -0.119. The van der Waals surface area contributed by atoms with Crippen LogP contribution in [0.2, 0.25) is 0 Å². The summed E-state index contributed by atoms with van der Waals surface area (Å²) in [5.41, 5.74) is 3.72. The third-order valence-corrected chi connectivity index (χ3v) is 8.43. The summed E-state index contributed by atoms with van der Waals surface area (Å²) >= 11 is 3.35. The summed E-state index contributed by atoms with van der Waals surface area (Å²) < 4.78 is 0. The molecule has 0 aliphatic heterocycles. The van der Waals surface area contributed by atoms with Crippen LogP contribution in [0.25, 0.3) is 21.6 Å². The molecule has 1 N–H and O–H groups in total. The molecule has 4 nitrogen and oxygen atoms in total. The van der Waals surface area contributed by atoms with Crippen molar-refractivity contribution in [3.05, 3.63) is 76.7 Å². The van der Waals surface area contributed by atoms with Gasteiger partial charge in [0.15, 0.2) is 5.82 Å². The largest absolute Gasteiger partial charge is 0.353 e. The first-order valence-electron chi connectivity index (χ1n) is 12.0. The molecule has 1 aliphatic carbocycles. The SMILES string of the molecule is CC(CCc1ccccc1)NC(=O)CSc1nc(-c2ccccc2)nc2sc3c(c12)CCCC3. The number of thioether (sulfide) groups is 1. The molecule has 6 heteroatoms. The average Bonchev–Trinajstić information content (AvgIpc) is 3.26. The lowest BCUT2D eigenvalue weighted by atomic mass is 9.97. The number of hydrogen-bond acceptors (Lipinski definition) is 5. The lowest BCUT2D eigenvalue weighted by Gasteiger charge is -2.15. The number of hydrogen-bond donors (Lipinski definition) is 1. The van der Waals surface area contributed by atoms with Gasteiger partial charge in [0.2, 0.25) is 5.91 Å². The summed E-state index contributed by atoms with van der Waals surface area (Å²) in [6.45, 7) is 2.08. The van der Waals surface area contributed by atoms with Crippen LogP contribution in [0.3, 0.4) is 0 Å². The number of aryl methyl sites for hydroxylation is 3. The molecule has 0 bridgehead atoms. The van der Waals surface area contributed by atoms with Crippen LogP contribution in [-0.2, 0) is 24.1 Å². The van der Waals surface area contributed by atoms with Crippen molar-refractivity contribution in [3.63, 3.8) is 0 Å². The van der Waals surface area contributed by atoms with E-state index in [2.05, 4.69) is 36.5 Å². The van der Waals surface area contributed by atoms with Crippen LogP contribution in [0.4, 0.5) is 0 Å². The molecule has 2 aromatic heterocycles. The van der Waals surface area contributed by atoms with Crippen molar-refractivity contribution < 1.29 is 4.79 Å². The van der Waals surface area contributed by atoms with Gasteiger partial charge in [-0.05, 0) is 56.6 Å². The fourth-order valence-corrected chi connectivity index (χ4v) is 6.69. The van der Waals surface area contributed by atoms with Gasteiger partial charge in [-0.15, -0.1) is 11.3 Å². The van der Waals surface area contributed by atoms with E-state index >= 15 is 0 Å². The average molecular weight is 488 g/mol. The standard InChI is InChI=1S/C28H29N3OS2/c1-19(16-17-20-10-4-2-5-11-20)29-24(32)18-33-27-25-22-14-8-9-15-23(22)34-28(25)31-26(30-27)21-12-6-3-7-13-21/h2-7,10-13,19H,8-9,14-18H2,1H3,(H,29,32). The van der Waals surface area contributed by atoms with Crippen molar-refractivity contribution in [2.75, 3.05) is 5.75 Å². The van der Waals surface area contributed by atoms with Crippen molar-refractivity contribution in [2.24, 2.45) is 0 Å². The van der Waals surface area contributed by atoms with Gasteiger partial charge in [-0.1, -0.05) is 72.4 Å². The molecular weight excluding hydrogens is 458 g/mol. The first kappa shape index (κ1) is 23.1. The minimum Gasteiger partial charge on any atom is -0.353 e. The minimum atomic E-state index is 0.0580. The van der Waals surface area contributed by atoms with Crippen molar-refractivity contribution in [3.8, 4) is 11.4 Å². The fourth-order valence-electron chi connectivity index (χ4n) is 4.50. The summed E-state index contributed by atoms with van der Waals surface area (Å²) in [7, 11) is 0. The minimum absolute atomic E-state index is 0.0580. The highest BCUT2D eigenvalue weighted by molar-refractivity contribution is 8.00. The predicted molar refractivity (Wildman–Crippen MR) is 143 cm³/mol. The van der Waals surface area contributed by atoms with Crippen LogP contribution >= 0.6 is 23.1 Å². The van der Waals surface area contributed by atoms with E-state index in [1.807, 2.05) is 47.7 Å². The number of aromatic nitrogens is 2. The summed E-state index contributed by atoms with van der Waals surface area (Å²) in [5, 5.41) is 5.29. The Balaban J connectivity index is 1.32. The highest BCUT2D eigenvalue weighted by Crippen LogP contribution is 2.40. The molecule has 2 aromatic carbocycles. The normalized spacial score (nSPS) is 14.0. The molecule has 1 unspecified atom stereocenters. The predicted octanol–water partition coefficient (Wildman–Crippen LogP) is 6.47. The van der Waals surface area contributed by atoms with Gasteiger partial charge < -0.3 is 5.32 Å². The molecule has 5 rings (SSSR count). The Morgan fingerprint density at radius 3 is 2.56 bits per heavy atom. The Kier molecular flexibility index (Phi) is 7.26. The van der Waals surface area contributed by atoms with E-state index in [0.29, 0.717) is 5.75 Å². The Hall–Kier alpha value is -2.70. The third-order valence-electron chi connectivity index (χ3n) is 6.27. The number of thiophene rings is 1. The van der Waals surface area contributed by atoms with Gasteiger partial charge in [0.25, 0.3) is 0 Å². The van der Waals surface area contributed by atoms with Crippen LogP contribution < -0.4 is 5.32 Å². The summed E-state index contributed by atoms with van der Waals surface area (Å²) in [6, 6.07) is 20.7. The second-order valence-electron chi connectivity index (χ2n) is 8.89. The smallest absolute Gasteiger partial charge is 0.230 e. The van der Waals surface area contributed by atoms with E-state index in [1.54, 1.807) is 11.8 Å². The molecule has 2 heterocycles. The monoisotopic (exact) mass is 487 g/mol. The zero-order valence-corrected chi connectivity index (χ0v) is 21.1. The van der Waals surface area contributed by atoms with Gasteiger partial charge in [0.05, 0.1) is 5.75 Å². The molecule has 4 aromatic rings. The van der Waals surface area contributed by atoms with Crippen molar-refractivity contribution in [2.45, 2.75) is 56.5 Å². The topological polar surface area (TPSA) is 54.9 Å². The van der Waals surface area contributed by atoms with E-state index < -0.39 is 0 Å². The molecule has 1 aliphatic rings. The molecule has 1 amide bonds. The molecule has 0 saturated heterocycles. The van der Waals surface area contributed by atoms with Gasteiger partial charge in [0, 0.05) is 21.9 Å². The molecule has 0 spiro atoms. The van der Waals surface area contributed by atoms with E-state index in [4.69, 9.17) is 9.97 Å². The van der Waals surface area contributed by atoms with Crippen molar-refractivity contribution in [1.82, 2.24) is 15.3 Å². The molecular formula is C28H29N3OS2. The molecule has 0 fully saturated rings. The maximum absolute atomic E-state index is 12.8. The number of rotatable bonds is 8. The summed E-state index contributed by atoms with van der Waals surface area (Å²) in [5.74, 6) is 1.16. The second-order valence-corrected chi connectivity index (χ2v) is 10.9. The van der Waals surface area contributed by atoms with E-state index in [9.17, 15) is 4.79 Å². The quantitative estimate of drug-likeness (QED) is 0.229. The third kappa shape index (κ3) is 5.34. The number of benzene rings is 2. The maximum Gasteiger partial charge on any atom is 0.230 e. The Morgan fingerprint density at radius 1 is 1.03 bits per heavy atom. The maximum atomic E-state index is 12.8. The molecule has 34 heavy (non-hydrogen) atoms. The Labute approximate surface area is 209 Å². The number of nitrogens with one attached hydrogen (secondary N) is 1. The van der Waals surface area contributed by atoms with Gasteiger partial charge in [0.1, 0.15) is 9.86 Å². The van der Waals surface area contributed by atoms with E-state index in [0.717, 1.165) is 46.9 Å². The zero-order chi connectivity index (χ0) is 23.3. The number of amides is 1. The highest BCUT2D eigenvalue weighted by atomic mass is 32.2. The second kappa shape index (κ2) is 10.7. The number of fused-ring (bicyclic) bond motifs is 3. The molecule has 0 saturated carbocycles. The van der Waals surface area contributed by atoms with Crippen molar-refractivity contribution in [1.29, 1.82) is 0 Å². The molecule has 1 atom stereocenters. The van der Waals surface area contributed by atoms with Crippen LogP contribution in [0.5, 0.6) is 0 Å². The van der Waals surface area contributed by atoms with Crippen LogP contribution in [-0.4, -0.2) is 27.7 Å². The van der Waals surface area contributed by atoms with Crippen LogP contribution in [0.1, 0.15) is 42.2 Å². The number of carbonyl (C=O) groups is 1. The molecule has 0 radical (unpaired) electrons. The van der Waals surface area contributed by atoms with Crippen LogP contribution in [0.15, 0.2) is 65.7 Å². The Bertz CT molecular complexity index is 1270. The molecule has 174 valence electrons. The van der Waals surface area contributed by atoms with Gasteiger partial charge in [-0.25, -0.2) is 9.97 Å². The van der Waals surface area contributed by atoms with Gasteiger partial charge in [-0.3, -0.25) is 4.79 Å². The number of carbonyl (C=O) groups excluding carboxylic acids is 1. The first-order valence-corrected chi connectivity index (χ1v) is 13.8. The van der Waals surface area contributed by atoms with E-state index in [-0.39, 0.29) is 11.9 Å².